The molecule has 0 radical (unpaired) electrons. The van der Waals surface area contributed by atoms with Crippen molar-refractivity contribution in [1.82, 2.24) is 10.2 Å². The molecule has 1 fully saturated rings. The molecule has 1 amide bonds. The van der Waals surface area contributed by atoms with Crippen molar-refractivity contribution in [3.05, 3.63) is 29.3 Å². The molecule has 1 aliphatic heterocycles. The molecule has 110 valence electrons. The van der Waals surface area contributed by atoms with E-state index in [1.807, 2.05) is 29.2 Å². The highest BCUT2D eigenvalue weighted by atomic mass is 35.5. The lowest BCUT2D eigenvalue weighted by Crippen LogP contribution is -2.57. The van der Waals surface area contributed by atoms with E-state index >= 15 is 0 Å². The fourth-order valence-corrected chi connectivity index (χ4v) is 3.54. The topological polar surface area (TPSA) is 32.3 Å². The number of carbonyl (C=O) groups is 1. The number of rotatable bonds is 4. The molecular weight excluding hydrogens is 292 g/mol. The maximum Gasteiger partial charge on any atom is 0.223 e. The Kier molecular flexibility index (Phi) is 5.75. The van der Waals surface area contributed by atoms with Crippen LogP contribution in [0.2, 0.25) is 5.02 Å². The lowest BCUT2D eigenvalue weighted by Gasteiger charge is -2.38. The standard InChI is InChI=1S/C15H21ClN2OS/c1-11-12(2)18(9-8-17-11)15(19)7-10-20-14-6-4-3-5-13(14)16/h3-6,11-12,17H,7-10H2,1-2H3. The van der Waals surface area contributed by atoms with Crippen LogP contribution >= 0.6 is 23.4 Å². The monoisotopic (exact) mass is 312 g/mol. The fraction of sp³-hybridized carbons (Fsp3) is 0.533. The van der Waals surface area contributed by atoms with Crippen LogP contribution in [-0.2, 0) is 4.79 Å². The normalized spacial score (nSPS) is 22.9. The van der Waals surface area contributed by atoms with Gasteiger partial charge in [0.05, 0.1) is 5.02 Å². The summed E-state index contributed by atoms with van der Waals surface area (Å²) in [6.07, 6.45) is 0.562. The highest BCUT2D eigenvalue weighted by molar-refractivity contribution is 7.99. The summed E-state index contributed by atoms with van der Waals surface area (Å²) in [6.45, 7) is 5.93. The van der Waals surface area contributed by atoms with E-state index in [0.717, 1.165) is 28.8 Å². The molecule has 3 nitrogen and oxygen atoms in total. The number of amides is 1. The van der Waals surface area contributed by atoms with Gasteiger partial charge in [-0.15, -0.1) is 11.8 Å². The van der Waals surface area contributed by atoms with Crippen molar-refractivity contribution in [2.24, 2.45) is 0 Å². The summed E-state index contributed by atoms with van der Waals surface area (Å²) in [4.78, 5) is 15.3. The number of carbonyl (C=O) groups excluding carboxylic acids is 1. The summed E-state index contributed by atoms with van der Waals surface area (Å²) in [5, 5.41) is 4.15. The molecule has 1 aliphatic rings. The third kappa shape index (κ3) is 3.90. The number of hydrogen-bond acceptors (Lipinski definition) is 3. The highest BCUT2D eigenvalue weighted by Gasteiger charge is 2.27. The van der Waals surface area contributed by atoms with Crippen LogP contribution in [0.1, 0.15) is 20.3 Å². The minimum atomic E-state index is 0.241. The third-order valence-corrected chi connectivity index (χ3v) is 5.28. The van der Waals surface area contributed by atoms with Gasteiger partial charge in [-0.05, 0) is 26.0 Å². The molecule has 2 atom stereocenters. The minimum Gasteiger partial charge on any atom is -0.337 e. The number of benzene rings is 1. The zero-order valence-corrected chi connectivity index (χ0v) is 13.5. The van der Waals surface area contributed by atoms with Gasteiger partial charge in [-0.2, -0.15) is 0 Å². The van der Waals surface area contributed by atoms with Crippen LogP contribution in [0.15, 0.2) is 29.2 Å². The Balaban J connectivity index is 1.82. The molecule has 1 aromatic carbocycles. The van der Waals surface area contributed by atoms with Crippen LogP contribution in [0.5, 0.6) is 0 Å². The average molecular weight is 313 g/mol. The summed E-state index contributed by atoms with van der Waals surface area (Å²) in [6, 6.07) is 8.39. The minimum absolute atomic E-state index is 0.241. The molecule has 0 bridgehead atoms. The predicted octanol–water partition coefficient (Wildman–Crippen LogP) is 3.03. The van der Waals surface area contributed by atoms with E-state index in [4.69, 9.17) is 11.6 Å². The maximum atomic E-state index is 12.3. The molecule has 1 saturated heterocycles. The Hall–Kier alpha value is -0.710. The zero-order valence-electron chi connectivity index (χ0n) is 11.9. The van der Waals surface area contributed by atoms with E-state index in [0.29, 0.717) is 12.5 Å². The van der Waals surface area contributed by atoms with Gasteiger partial charge < -0.3 is 10.2 Å². The Morgan fingerprint density at radius 2 is 2.20 bits per heavy atom. The van der Waals surface area contributed by atoms with Crippen molar-refractivity contribution in [3.63, 3.8) is 0 Å². The van der Waals surface area contributed by atoms with Gasteiger partial charge >= 0.3 is 0 Å². The first-order valence-corrected chi connectivity index (χ1v) is 8.36. The maximum absolute atomic E-state index is 12.3. The van der Waals surface area contributed by atoms with Crippen LogP contribution in [0.4, 0.5) is 0 Å². The largest absolute Gasteiger partial charge is 0.337 e. The van der Waals surface area contributed by atoms with Crippen molar-refractivity contribution in [2.45, 2.75) is 37.2 Å². The third-order valence-electron chi connectivity index (χ3n) is 3.76. The number of nitrogens with one attached hydrogen (secondary N) is 1. The fourth-order valence-electron chi connectivity index (χ4n) is 2.36. The Morgan fingerprint density at radius 3 is 2.95 bits per heavy atom. The molecule has 0 aliphatic carbocycles. The van der Waals surface area contributed by atoms with Crippen LogP contribution in [-0.4, -0.2) is 41.7 Å². The van der Waals surface area contributed by atoms with Gasteiger partial charge in [-0.25, -0.2) is 0 Å². The second-order valence-electron chi connectivity index (χ2n) is 5.10. The van der Waals surface area contributed by atoms with E-state index in [9.17, 15) is 4.79 Å². The van der Waals surface area contributed by atoms with Crippen LogP contribution in [0, 0.1) is 0 Å². The molecule has 1 heterocycles. The van der Waals surface area contributed by atoms with Gasteiger partial charge in [0.25, 0.3) is 0 Å². The summed E-state index contributed by atoms with van der Waals surface area (Å²) >= 11 is 7.75. The van der Waals surface area contributed by atoms with Gasteiger partial charge in [-0.3, -0.25) is 4.79 Å². The molecule has 20 heavy (non-hydrogen) atoms. The van der Waals surface area contributed by atoms with Gasteiger partial charge in [0.15, 0.2) is 0 Å². The lowest BCUT2D eigenvalue weighted by atomic mass is 10.1. The van der Waals surface area contributed by atoms with Gasteiger partial charge in [0, 0.05) is 42.2 Å². The van der Waals surface area contributed by atoms with Crippen molar-refractivity contribution < 1.29 is 4.79 Å². The van der Waals surface area contributed by atoms with Gasteiger partial charge in [0.2, 0.25) is 5.91 Å². The van der Waals surface area contributed by atoms with Crippen molar-refractivity contribution in [2.75, 3.05) is 18.8 Å². The van der Waals surface area contributed by atoms with E-state index in [2.05, 4.69) is 19.2 Å². The van der Waals surface area contributed by atoms with E-state index in [1.165, 1.54) is 0 Å². The molecule has 5 heteroatoms. The zero-order chi connectivity index (χ0) is 14.5. The molecule has 1 N–H and O–H groups in total. The number of hydrogen-bond donors (Lipinski definition) is 1. The van der Waals surface area contributed by atoms with Crippen molar-refractivity contribution >= 4 is 29.3 Å². The molecule has 0 aromatic heterocycles. The van der Waals surface area contributed by atoms with Gasteiger partial charge in [-0.1, -0.05) is 23.7 Å². The molecule has 1 aromatic rings. The second-order valence-corrected chi connectivity index (χ2v) is 6.64. The number of thioether (sulfide) groups is 1. The summed E-state index contributed by atoms with van der Waals surface area (Å²) in [5.74, 6) is 1.01. The van der Waals surface area contributed by atoms with Crippen molar-refractivity contribution in [1.29, 1.82) is 0 Å². The van der Waals surface area contributed by atoms with Gasteiger partial charge in [0.1, 0.15) is 0 Å². The molecule has 0 spiro atoms. The lowest BCUT2D eigenvalue weighted by molar-refractivity contribution is -0.134. The summed E-state index contributed by atoms with van der Waals surface area (Å²) < 4.78 is 0. The highest BCUT2D eigenvalue weighted by Crippen LogP contribution is 2.27. The van der Waals surface area contributed by atoms with E-state index < -0.39 is 0 Å². The second kappa shape index (κ2) is 7.34. The van der Waals surface area contributed by atoms with Crippen LogP contribution < -0.4 is 5.32 Å². The Labute approximate surface area is 130 Å². The number of piperazine rings is 1. The van der Waals surface area contributed by atoms with Crippen LogP contribution in [0.3, 0.4) is 0 Å². The number of halogens is 1. The summed E-state index contributed by atoms with van der Waals surface area (Å²) in [5.41, 5.74) is 0. The van der Waals surface area contributed by atoms with E-state index in [1.54, 1.807) is 11.8 Å². The first kappa shape index (κ1) is 15.7. The molecule has 2 rings (SSSR count). The van der Waals surface area contributed by atoms with Crippen LogP contribution in [0.25, 0.3) is 0 Å². The Bertz CT molecular complexity index is 469. The van der Waals surface area contributed by atoms with Crippen molar-refractivity contribution in [3.8, 4) is 0 Å². The Morgan fingerprint density at radius 1 is 1.45 bits per heavy atom. The first-order chi connectivity index (χ1) is 9.59. The molecule has 0 saturated carbocycles. The molecule has 2 unspecified atom stereocenters. The quantitative estimate of drug-likeness (QED) is 0.867. The number of nitrogens with zero attached hydrogens (tertiary/aromatic N) is 1. The smallest absolute Gasteiger partial charge is 0.223 e. The summed E-state index contributed by atoms with van der Waals surface area (Å²) in [7, 11) is 0. The average Bonchev–Trinajstić information content (AvgIpc) is 2.44. The van der Waals surface area contributed by atoms with E-state index in [-0.39, 0.29) is 11.9 Å². The molecular formula is C15H21ClN2OS. The first-order valence-electron chi connectivity index (χ1n) is 7.00. The predicted molar refractivity (Wildman–Crippen MR) is 85.4 cm³/mol. The SMILES string of the molecule is CC1NCCN(C(=O)CCSc2ccccc2Cl)C1C.